The average molecular weight is 466 g/mol. The Balaban J connectivity index is 1.88. The highest BCUT2D eigenvalue weighted by molar-refractivity contribution is 9.10. The molecule has 0 aliphatic rings. The average Bonchev–Trinajstić information content (AvgIpc) is 2.71. The second-order valence-corrected chi connectivity index (χ2v) is 7.16. The van der Waals surface area contributed by atoms with Crippen molar-refractivity contribution in [2.45, 2.75) is 19.1 Å². The van der Waals surface area contributed by atoms with Gasteiger partial charge in [-0.25, -0.2) is 5.10 Å². The lowest BCUT2D eigenvalue weighted by Crippen LogP contribution is -2.18. The molecule has 3 aromatic rings. The number of ether oxygens (including phenoxy) is 1. The van der Waals surface area contributed by atoms with Crippen molar-refractivity contribution in [3.8, 4) is 5.88 Å². The number of hydrogen-bond donors (Lipinski definition) is 3. The summed E-state index contributed by atoms with van der Waals surface area (Å²) < 4.78 is 6.32. The second-order valence-electron chi connectivity index (χ2n) is 5.93. The van der Waals surface area contributed by atoms with Gasteiger partial charge in [-0.1, -0.05) is 29.8 Å². The molecule has 0 aliphatic heterocycles. The Hall–Kier alpha value is -2.42. The van der Waals surface area contributed by atoms with Gasteiger partial charge < -0.3 is 15.2 Å². The number of aromatic nitrogens is 3. The monoisotopic (exact) mass is 464 g/mol. The van der Waals surface area contributed by atoms with E-state index in [4.69, 9.17) is 16.3 Å². The molecule has 1 aromatic carbocycles. The molecule has 0 amide bonds. The first-order valence-corrected chi connectivity index (χ1v) is 9.69. The van der Waals surface area contributed by atoms with Gasteiger partial charge in [-0.3, -0.25) is 9.78 Å². The smallest absolute Gasteiger partial charge is 0.280 e. The van der Waals surface area contributed by atoms with Crippen molar-refractivity contribution in [1.29, 1.82) is 0 Å². The number of aliphatic hydroxyl groups is 1. The van der Waals surface area contributed by atoms with Crippen LogP contribution in [-0.4, -0.2) is 26.9 Å². The van der Waals surface area contributed by atoms with E-state index in [1.54, 1.807) is 24.5 Å². The van der Waals surface area contributed by atoms with Crippen molar-refractivity contribution in [1.82, 2.24) is 15.2 Å². The first-order chi connectivity index (χ1) is 13.6. The van der Waals surface area contributed by atoms with Crippen LogP contribution in [0.2, 0.25) is 5.02 Å². The van der Waals surface area contributed by atoms with E-state index in [1.807, 2.05) is 24.3 Å². The van der Waals surface area contributed by atoms with Crippen LogP contribution in [0.15, 0.2) is 58.1 Å². The zero-order valence-corrected chi connectivity index (χ0v) is 17.1. The van der Waals surface area contributed by atoms with Gasteiger partial charge in [0.1, 0.15) is 16.3 Å². The molecule has 0 radical (unpaired) electrons. The molecule has 3 rings (SSSR count). The van der Waals surface area contributed by atoms with Crippen molar-refractivity contribution in [3.63, 3.8) is 0 Å². The lowest BCUT2D eigenvalue weighted by atomic mass is 10.1. The topological polar surface area (TPSA) is 100 Å². The molecule has 0 saturated carbocycles. The van der Waals surface area contributed by atoms with Gasteiger partial charge in [0.05, 0.1) is 0 Å². The summed E-state index contributed by atoms with van der Waals surface area (Å²) in [5.41, 5.74) is 1.81. The lowest BCUT2D eigenvalue weighted by molar-refractivity contribution is 0.149. The molecule has 1 atom stereocenters. The zero-order chi connectivity index (χ0) is 19.9. The zero-order valence-electron chi connectivity index (χ0n) is 14.7. The number of benzene rings is 1. The largest absolute Gasteiger partial charge is 0.467 e. The molecule has 0 aliphatic carbocycles. The molecule has 7 nitrogen and oxygen atoms in total. The van der Waals surface area contributed by atoms with Gasteiger partial charge in [0, 0.05) is 37.0 Å². The summed E-state index contributed by atoms with van der Waals surface area (Å²) in [6.45, 7) is 0.357. The number of halogens is 2. The van der Waals surface area contributed by atoms with Crippen LogP contribution in [0.3, 0.4) is 0 Å². The van der Waals surface area contributed by atoms with E-state index in [0.29, 0.717) is 23.7 Å². The van der Waals surface area contributed by atoms with Crippen molar-refractivity contribution in [3.05, 3.63) is 79.8 Å². The fourth-order valence-electron chi connectivity index (χ4n) is 2.57. The molecule has 28 heavy (non-hydrogen) atoms. The van der Waals surface area contributed by atoms with Crippen LogP contribution in [-0.2, 0) is 6.54 Å². The third-order valence-corrected chi connectivity index (χ3v) is 4.98. The summed E-state index contributed by atoms with van der Waals surface area (Å²) in [4.78, 5) is 16.1. The molecule has 2 aromatic heterocycles. The number of hydrogen-bond acceptors (Lipinski definition) is 6. The maximum absolute atomic E-state index is 12.0. The van der Waals surface area contributed by atoms with E-state index in [1.165, 1.54) is 0 Å². The summed E-state index contributed by atoms with van der Waals surface area (Å²) in [6.07, 6.45) is 3.30. The van der Waals surface area contributed by atoms with Crippen LogP contribution in [0, 0.1) is 0 Å². The van der Waals surface area contributed by atoms with Crippen molar-refractivity contribution < 1.29 is 9.84 Å². The Morgan fingerprint density at radius 3 is 2.75 bits per heavy atom. The number of H-pyrrole nitrogens is 1. The number of anilines is 1. The minimum absolute atomic E-state index is 0.0732. The Labute approximate surface area is 174 Å². The van der Waals surface area contributed by atoms with Crippen LogP contribution < -0.4 is 15.6 Å². The van der Waals surface area contributed by atoms with Gasteiger partial charge in [0.15, 0.2) is 0 Å². The molecule has 0 bridgehead atoms. The maximum Gasteiger partial charge on any atom is 0.280 e. The third-order valence-electron chi connectivity index (χ3n) is 3.97. The fourth-order valence-corrected chi connectivity index (χ4v) is 3.09. The lowest BCUT2D eigenvalue weighted by Gasteiger charge is -2.20. The Morgan fingerprint density at radius 1 is 1.29 bits per heavy atom. The standard InChI is InChI=1S/C19H18BrClN4O3/c20-16-17(23-11-12-2-1-8-22-10-12)19(25-24-18(16)27)28-15(7-9-26)13-3-5-14(21)6-4-13/h1-6,8,10,15,26H,7,9,11H2,(H2,23,24,27). The molecular formula is C19H18BrClN4O3. The van der Waals surface area contributed by atoms with Crippen molar-refractivity contribution in [2.75, 3.05) is 11.9 Å². The summed E-state index contributed by atoms with van der Waals surface area (Å²) in [6, 6.07) is 10.9. The van der Waals surface area contributed by atoms with E-state index in [0.717, 1.165) is 11.1 Å². The Bertz CT molecular complexity index is 967. The maximum atomic E-state index is 12.0. The first-order valence-electron chi connectivity index (χ1n) is 8.52. The first kappa shape index (κ1) is 20.3. The molecule has 146 valence electrons. The minimum Gasteiger partial charge on any atom is -0.467 e. The van der Waals surface area contributed by atoms with E-state index < -0.39 is 6.10 Å². The van der Waals surface area contributed by atoms with Crippen molar-refractivity contribution in [2.24, 2.45) is 0 Å². The van der Waals surface area contributed by atoms with Gasteiger partial charge in [-0.2, -0.15) is 0 Å². The second kappa shape index (κ2) is 9.68. The number of nitrogens with one attached hydrogen (secondary N) is 2. The minimum atomic E-state index is -0.466. The number of rotatable bonds is 8. The van der Waals surface area contributed by atoms with Crippen LogP contribution >= 0.6 is 27.5 Å². The van der Waals surface area contributed by atoms with Gasteiger partial charge in [0.2, 0.25) is 0 Å². The number of aliphatic hydroxyl groups excluding tert-OH is 1. The molecule has 0 fully saturated rings. The highest BCUT2D eigenvalue weighted by atomic mass is 79.9. The van der Waals surface area contributed by atoms with E-state index >= 15 is 0 Å². The molecular weight excluding hydrogens is 448 g/mol. The summed E-state index contributed by atoms with van der Waals surface area (Å²) in [5.74, 6) is 0.212. The van der Waals surface area contributed by atoms with Gasteiger partial charge >= 0.3 is 0 Å². The van der Waals surface area contributed by atoms with Crippen LogP contribution in [0.5, 0.6) is 5.88 Å². The third kappa shape index (κ3) is 5.09. The molecule has 0 spiro atoms. The SMILES string of the molecule is O=c1[nH]nc(OC(CCO)c2ccc(Cl)cc2)c(NCc2cccnc2)c1Br. The van der Waals surface area contributed by atoms with E-state index in [-0.39, 0.29) is 22.5 Å². The number of pyridine rings is 1. The van der Waals surface area contributed by atoms with E-state index in [2.05, 4.69) is 36.4 Å². The van der Waals surface area contributed by atoms with Crippen LogP contribution in [0.1, 0.15) is 23.7 Å². The van der Waals surface area contributed by atoms with Gasteiger partial charge in [-0.15, -0.1) is 5.10 Å². The fraction of sp³-hybridized carbons (Fsp3) is 0.211. The molecule has 3 N–H and O–H groups in total. The predicted molar refractivity (Wildman–Crippen MR) is 111 cm³/mol. The Kier molecular flexibility index (Phi) is 7.02. The molecule has 2 heterocycles. The number of aromatic amines is 1. The molecule has 9 heteroatoms. The quantitative estimate of drug-likeness (QED) is 0.469. The summed E-state index contributed by atoms with van der Waals surface area (Å²) in [7, 11) is 0. The van der Waals surface area contributed by atoms with Crippen LogP contribution in [0.25, 0.3) is 0 Å². The summed E-state index contributed by atoms with van der Waals surface area (Å²) in [5, 5.41) is 19.7. The highest BCUT2D eigenvalue weighted by Gasteiger charge is 2.19. The Morgan fingerprint density at radius 2 is 2.07 bits per heavy atom. The summed E-state index contributed by atoms with van der Waals surface area (Å²) >= 11 is 9.24. The molecule has 1 unspecified atom stereocenters. The van der Waals surface area contributed by atoms with Crippen molar-refractivity contribution >= 4 is 33.2 Å². The molecule has 0 saturated heterocycles. The van der Waals surface area contributed by atoms with Gasteiger partial charge in [0.25, 0.3) is 11.4 Å². The normalized spacial score (nSPS) is 11.8. The predicted octanol–water partition coefficient (Wildman–Crippen LogP) is 3.70. The van der Waals surface area contributed by atoms with Gasteiger partial charge in [-0.05, 0) is 45.3 Å². The number of nitrogens with zero attached hydrogens (tertiary/aromatic N) is 2. The van der Waals surface area contributed by atoms with E-state index in [9.17, 15) is 9.90 Å². The highest BCUT2D eigenvalue weighted by Crippen LogP contribution is 2.32. The van der Waals surface area contributed by atoms with Crippen LogP contribution in [0.4, 0.5) is 5.69 Å².